The monoisotopic (exact) mass is 213 g/mol. The van der Waals surface area contributed by atoms with Crippen molar-refractivity contribution in [3.63, 3.8) is 0 Å². The summed E-state index contributed by atoms with van der Waals surface area (Å²) in [6, 6.07) is 7.82. The van der Waals surface area contributed by atoms with Crippen LogP contribution in [0.1, 0.15) is 29.8 Å². The summed E-state index contributed by atoms with van der Waals surface area (Å²) >= 11 is 0. The normalized spacial score (nSPS) is 11.0. The van der Waals surface area contributed by atoms with Crippen molar-refractivity contribution in [3.05, 3.63) is 41.6 Å². The number of ketones is 1. The third kappa shape index (κ3) is 1.83. The first-order chi connectivity index (χ1) is 7.59. The number of carbonyl (C=O) groups excluding carboxylic acids is 1. The number of hydrogen-bond donors (Lipinski definition) is 0. The zero-order valence-corrected chi connectivity index (χ0v) is 9.82. The fourth-order valence-corrected chi connectivity index (χ4v) is 1.78. The Morgan fingerprint density at radius 2 is 2.06 bits per heavy atom. The molecule has 0 bridgehead atoms. The molecule has 1 heterocycles. The average Bonchev–Trinajstić information content (AvgIpc) is 2.26. The number of aryl methyl sites for hydroxylation is 1. The van der Waals surface area contributed by atoms with E-state index < -0.39 is 0 Å². The van der Waals surface area contributed by atoms with Gasteiger partial charge in [-0.25, -0.2) is 0 Å². The number of benzene rings is 1. The predicted octanol–water partition coefficient (Wildman–Crippen LogP) is 3.38. The number of para-hydroxylation sites is 1. The third-order valence-corrected chi connectivity index (χ3v) is 2.64. The molecule has 2 heteroatoms. The van der Waals surface area contributed by atoms with Crippen LogP contribution in [-0.4, -0.2) is 10.8 Å². The zero-order chi connectivity index (χ0) is 11.7. The molecule has 0 spiro atoms. The first-order valence-corrected chi connectivity index (χ1v) is 5.49. The predicted molar refractivity (Wildman–Crippen MR) is 65.6 cm³/mol. The van der Waals surface area contributed by atoms with Crippen molar-refractivity contribution in [2.75, 3.05) is 0 Å². The van der Waals surface area contributed by atoms with Crippen LogP contribution in [0.4, 0.5) is 0 Å². The fourth-order valence-electron chi connectivity index (χ4n) is 1.78. The van der Waals surface area contributed by atoms with Gasteiger partial charge >= 0.3 is 0 Å². The Bertz CT molecular complexity index is 543. The van der Waals surface area contributed by atoms with Gasteiger partial charge in [-0.3, -0.25) is 9.78 Å². The lowest BCUT2D eigenvalue weighted by Crippen LogP contribution is -2.08. The summed E-state index contributed by atoms with van der Waals surface area (Å²) in [6.07, 6.45) is 1.80. The summed E-state index contributed by atoms with van der Waals surface area (Å²) in [7, 11) is 0. The van der Waals surface area contributed by atoms with E-state index in [1.165, 1.54) is 0 Å². The lowest BCUT2D eigenvalue weighted by molar-refractivity contribution is 0.0941. The van der Waals surface area contributed by atoms with Crippen molar-refractivity contribution < 1.29 is 4.79 Å². The second kappa shape index (κ2) is 4.05. The molecule has 0 saturated carbocycles. The second-order valence-electron chi connectivity index (χ2n) is 4.41. The number of Topliss-reactive ketones (excluding diaryl/α,β-unsaturated/α-hetero) is 1. The largest absolute Gasteiger partial charge is 0.294 e. The Morgan fingerprint density at radius 1 is 1.31 bits per heavy atom. The van der Waals surface area contributed by atoms with E-state index in [-0.39, 0.29) is 11.7 Å². The molecule has 0 fully saturated rings. The molecule has 82 valence electrons. The van der Waals surface area contributed by atoms with Gasteiger partial charge in [0.1, 0.15) is 0 Å². The summed E-state index contributed by atoms with van der Waals surface area (Å²) in [5, 5.41) is 1.03. The van der Waals surface area contributed by atoms with Gasteiger partial charge in [0.25, 0.3) is 0 Å². The second-order valence-corrected chi connectivity index (χ2v) is 4.41. The molecular formula is C14H15NO. The average molecular weight is 213 g/mol. The lowest BCUT2D eigenvalue weighted by atomic mass is 9.98. The van der Waals surface area contributed by atoms with Crippen LogP contribution in [0.25, 0.3) is 10.9 Å². The number of pyridine rings is 1. The number of hydrogen-bond acceptors (Lipinski definition) is 2. The molecule has 0 radical (unpaired) electrons. The maximum atomic E-state index is 12.0. The summed E-state index contributed by atoms with van der Waals surface area (Å²) in [6.45, 7) is 5.83. The van der Waals surface area contributed by atoms with Crippen LogP contribution in [0.5, 0.6) is 0 Å². The van der Waals surface area contributed by atoms with E-state index in [1.807, 2.05) is 39.0 Å². The van der Waals surface area contributed by atoms with Crippen LogP contribution in [0.3, 0.4) is 0 Å². The Hall–Kier alpha value is -1.70. The molecule has 1 aromatic carbocycles. The van der Waals surface area contributed by atoms with Gasteiger partial charge in [0.05, 0.1) is 5.52 Å². The van der Waals surface area contributed by atoms with E-state index in [0.717, 1.165) is 22.0 Å². The molecule has 0 aliphatic rings. The highest BCUT2D eigenvalue weighted by atomic mass is 16.1. The molecular weight excluding hydrogens is 198 g/mol. The summed E-state index contributed by atoms with van der Waals surface area (Å²) in [4.78, 5) is 16.4. The van der Waals surface area contributed by atoms with Gasteiger partial charge in [0.2, 0.25) is 0 Å². The van der Waals surface area contributed by atoms with Crippen LogP contribution >= 0.6 is 0 Å². The highest BCUT2D eigenvalue weighted by molar-refractivity contribution is 6.07. The van der Waals surface area contributed by atoms with Crippen LogP contribution in [0.2, 0.25) is 0 Å². The Balaban J connectivity index is 2.67. The molecule has 1 aromatic heterocycles. The highest BCUT2D eigenvalue weighted by Gasteiger charge is 2.14. The van der Waals surface area contributed by atoms with Crippen molar-refractivity contribution in [3.8, 4) is 0 Å². The first-order valence-electron chi connectivity index (χ1n) is 5.49. The van der Waals surface area contributed by atoms with Crippen LogP contribution in [0, 0.1) is 12.8 Å². The maximum absolute atomic E-state index is 12.0. The standard InChI is InChI=1S/C14H15NO/c1-9(2)14(16)12-6-4-5-11-7-10(3)8-15-13(11)12/h4-9H,1-3H3. The molecule has 0 saturated heterocycles. The molecule has 0 atom stereocenters. The van der Waals surface area contributed by atoms with Gasteiger partial charge in [-0.05, 0) is 24.6 Å². The van der Waals surface area contributed by atoms with Gasteiger partial charge in [-0.2, -0.15) is 0 Å². The Labute approximate surface area is 95.3 Å². The minimum absolute atomic E-state index is 0.00806. The zero-order valence-electron chi connectivity index (χ0n) is 9.82. The van der Waals surface area contributed by atoms with Gasteiger partial charge in [-0.1, -0.05) is 26.0 Å². The molecule has 16 heavy (non-hydrogen) atoms. The number of nitrogens with zero attached hydrogens (tertiary/aromatic N) is 1. The topological polar surface area (TPSA) is 30.0 Å². The highest BCUT2D eigenvalue weighted by Crippen LogP contribution is 2.20. The van der Waals surface area contributed by atoms with Crippen molar-refractivity contribution in [2.45, 2.75) is 20.8 Å². The van der Waals surface area contributed by atoms with Gasteiger partial charge < -0.3 is 0 Å². The van der Waals surface area contributed by atoms with Gasteiger partial charge in [0.15, 0.2) is 5.78 Å². The van der Waals surface area contributed by atoms with Crippen molar-refractivity contribution >= 4 is 16.7 Å². The van der Waals surface area contributed by atoms with Crippen LogP contribution in [0.15, 0.2) is 30.5 Å². The van der Waals surface area contributed by atoms with E-state index in [4.69, 9.17) is 0 Å². The van der Waals surface area contributed by atoms with E-state index in [0.29, 0.717) is 0 Å². The molecule has 0 N–H and O–H groups in total. The molecule has 0 aliphatic carbocycles. The molecule has 2 aromatic rings. The first kappa shape index (κ1) is 10.8. The van der Waals surface area contributed by atoms with Crippen molar-refractivity contribution in [2.24, 2.45) is 5.92 Å². The van der Waals surface area contributed by atoms with Crippen LogP contribution in [-0.2, 0) is 0 Å². The number of carbonyl (C=O) groups is 1. The lowest BCUT2D eigenvalue weighted by Gasteiger charge is -2.07. The Kier molecular flexibility index (Phi) is 2.73. The molecule has 0 amide bonds. The Morgan fingerprint density at radius 3 is 2.75 bits per heavy atom. The number of rotatable bonds is 2. The molecule has 0 unspecified atom stereocenters. The van der Waals surface area contributed by atoms with Crippen molar-refractivity contribution in [1.29, 1.82) is 0 Å². The van der Waals surface area contributed by atoms with Gasteiger partial charge in [0, 0.05) is 23.1 Å². The van der Waals surface area contributed by atoms with E-state index in [2.05, 4.69) is 11.1 Å². The van der Waals surface area contributed by atoms with Crippen LogP contribution < -0.4 is 0 Å². The summed E-state index contributed by atoms with van der Waals surface area (Å²) < 4.78 is 0. The third-order valence-electron chi connectivity index (χ3n) is 2.64. The summed E-state index contributed by atoms with van der Waals surface area (Å²) in [5.74, 6) is 0.163. The smallest absolute Gasteiger partial charge is 0.167 e. The molecule has 0 aliphatic heterocycles. The SMILES string of the molecule is Cc1cnc2c(C(=O)C(C)C)cccc2c1. The number of fused-ring (bicyclic) bond motifs is 1. The van der Waals surface area contributed by atoms with Gasteiger partial charge in [-0.15, -0.1) is 0 Å². The molecule has 2 rings (SSSR count). The summed E-state index contributed by atoms with van der Waals surface area (Å²) in [5.41, 5.74) is 2.65. The van der Waals surface area contributed by atoms with E-state index >= 15 is 0 Å². The van der Waals surface area contributed by atoms with E-state index in [1.54, 1.807) is 6.20 Å². The quantitative estimate of drug-likeness (QED) is 0.716. The minimum atomic E-state index is 0.00806. The number of aromatic nitrogens is 1. The van der Waals surface area contributed by atoms with E-state index in [9.17, 15) is 4.79 Å². The maximum Gasteiger partial charge on any atom is 0.167 e. The van der Waals surface area contributed by atoms with Crippen molar-refractivity contribution in [1.82, 2.24) is 4.98 Å². The molecule has 2 nitrogen and oxygen atoms in total. The minimum Gasteiger partial charge on any atom is -0.294 e. The fraction of sp³-hybridized carbons (Fsp3) is 0.286.